The Labute approximate surface area is 71.0 Å². The molecule has 0 rings (SSSR count). The first-order chi connectivity index (χ1) is 1.41. The Hall–Kier alpha value is 1.44. The van der Waals surface area contributed by atoms with Crippen molar-refractivity contribution < 1.29 is 0 Å². The van der Waals surface area contributed by atoms with Crippen molar-refractivity contribution in [2.24, 2.45) is 0 Å². The predicted octanol–water partition coefficient (Wildman–Crippen LogP) is 3.15. The lowest BCUT2D eigenvalue weighted by molar-refractivity contribution is 1.09. The van der Waals surface area contributed by atoms with Crippen molar-refractivity contribution in [2.45, 2.75) is 20.3 Å². The van der Waals surface area contributed by atoms with Crippen LogP contribution in [0.1, 0.15) is 20.3 Å². The third kappa shape index (κ3) is 51.7. The van der Waals surface area contributed by atoms with E-state index < -0.39 is 0 Å². The van der Waals surface area contributed by atoms with Gasteiger partial charge in [0.05, 0.1) is 0 Å². The van der Waals surface area contributed by atoms with Crippen LogP contribution in [0, 0.1) is 0 Å². The first-order valence-electron chi connectivity index (χ1n) is 1.41. The van der Waals surface area contributed by atoms with Crippen LogP contribution < -0.4 is 0 Å². The van der Waals surface area contributed by atoms with E-state index in [0.29, 0.717) is 0 Å². The monoisotopic (exact) mass is 284 g/mol. The zero-order chi connectivity index (χ0) is 2.71. The van der Waals surface area contributed by atoms with Crippen LogP contribution in [-0.2, 0) is 0 Å². The molecule has 0 bridgehead atoms. The first kappa shape index (κ1) is 26.1. The lowest BCUT2D eigenvalue weighted by atomic mass is 10.6. The summed E-state index contributed by atoms with van der Waals surface area (Å²) in [6.45, 7) is 4.25. The molecule has 0 aliphatic carbocycles. The fourth-order valence-electron chi connectivity index (χ4n) is 0. The molecule has 0 aliphatic heterocycles. The molecule has 6 heavy (non-hydrogen) atoms. The average Bonchev–Trinajstić information content (AvgIpc) is 0.918. The van der Waals surface area contributed by atoms with Gasteiger partial charge in [-0.05, 0) is 0 Å². The van der Waals surface area contributed by atoms with Crippen molar-refractivity contribution in [3.8, 4) is 0 Å². The van der Waals surface area contributed by atoms with E-state index in [1.165, 1.54) is 6.42 Å². The zero-order valence-corrected chi connectivity index (χ0v) is 9.07. The Morgan fingerprint density at radius 3 is 0.833 bits per heavy atom. The Kier molecular flexibility index (Phi) is 139. The van der Waals surface area contributed by atoms with Gasteiger partial charge in [0.15, 0.2) is 0 Å². The van der Waals surface area contributed by atoms with Crippen LogP contribution in [-0.4, -0.2) is 0 Å². The molecule has 0 aromatic carbocycles. The molecule has 0 nitrogen and oxygen atoms in total. The molecule has 0 radical (unpaired) electrons. The normalized spacial score (nSPS) is 3.00. The molecule has 0 N–H and O–H groups in total. The first-order valence-corrected chi connectivity index (χ1v) is 1.41. The molecule has 44 valence electrons. The third-order valence-corrected chi connectivity index (χ3v) is 0. The Morgan fingerprint density at radius 1 is 0.833 bits per heavy atom. The van der Waals surface area contributed by atoms with Gasteiger partial charge in [0, 0.05) is 0 Å². The molecule has 0 saturated heterocycles. The average molecular weight is 287 g/mol. The third-order valence-electron chi connectivity index (χ3n) is 0. The van der Waals surface area contributed by atoms with Gasteiger partial charge in [-0.2, -0.15) is 0 Å². The van der Waals surface area contributed by atoms with Crippen molar-refractivity contribution in [1.29, 1.82) is 0 Å². The maximum Gasteiger partial charge on any atom is -0.0590 e. The summed E-state index contributed by atoms with van der Waals surface area (Å²) in [5.41, 5.74) is 0. The summed E-state index contributed by atoms with van der Waals surface area (Å²) in [7, 11) is 0. The summed E-state index contributed by atoms with van der Waals surface area (Å²) in [4.78, 5) is 0. The fourth-order valence-corrected chi connectivity index (χ4v) is 0. The summed E-state index contributed by atoms with van der Waals surface area (Å²) in [6, 6.07) is 0. The molecule has 0 fully saturated rings. The van der Waals surface area contributed by atoms with Crippen LogP contribution in [0.15, 0.2) is 0 Å². The number of rotatable bonds is 0. The minimum Gasteiger partial charge on any atom is -0.114 e. The number of hydrogen-bond donors (Lipinski definition) is 0. The second-order valence-corrected chi connectivity index (χ2v) is 0.707. The van der Waals surface area contributed by atoms with Gasteiger partial charge in [0.25, 0.3) is 0 Å². The van der Waals surface area contributed by atoms with Crippen molar-refractivity contribution in [2.75, 3.05) is 0 Å². The van der Waals surface area contributed by atoms with E-state index in [9.17, 15) is 0 Å². The minimum atomic E-state index is 0. The van der Waals surface area contributed by atoms with Crippen LogP contribution in [0.2, 0.25) is 0 Å². The quantitative estimate of drug-likeness (QED) is 0.642. The van der Waals surface area contributed by atoms with Crippen molar-refractivity contribution in [1.82, 2.24) is 0 Å². The minimum absolute atomic E-state index is 0. The van der Waals surface area contributed by atoms with E-state index in [1.54, 1.807) is 0 Å². The molecular weight excluding hydrogens is 276 g/mol. The highest BCUT2D eigenvalue weighted by atomic mass is 79.9. The Morgan fingerprint density at radius 2 is 0.833 bits per heavy atom. The van der Waals surface area contributed by atoms with Gasteiger partial charge in [-0.15, -0.1) is 50.9 Å². The SMILES string of the molecule is Br.Br.Br.CCC. The topological polar surface area (TPSA) is 0 Å². The molecular formula is C3H11Br3. The van der Waals surface area contributed by atoms with Crippen LogP contribution >= 0.6 is 50.9 Å². The molecule has 0 atom stereocenters. The summed E-state index contributed by atoms with van der Waals surface area (Å²) >= 11 is 0. The van der Waals surface area contributed by atoms with Gasteiger partial charge >= 0.3 is 0 Å². The Balaban J connectivity index is -0.00000000667. The van der Waals surface area contributed by atoms with Crippen LogP contribution in [0.3, 0.4) is 0 Å². The van der Waals surface area contributed by atoms with E-state index >= 15 is 0 Å². The van der Waals surface area contributed by atoms with Crippen molar-refractivity contribution in [3.63, 3.8) is 0 Å². The number of halogens is 3. The maximum absolute atomic E-state index is 2.12. The van der Waals surface area contributed by atoms with Crippen LogP contribution in [0.25, 0.3) is 0 Å². The highest BCUT2D eigenvalue weighted by Crippen LogP contribution is 1.56. The maximum atomic E-state index is 2.12. The van der Waals surface area contributed by atoms with Gasteiger partial charge in [-0.1, -0.05) is 20.3 Å². The molecule has 0 saturated carbocycles. The lowest BCUT2D eigenvalue weighted by Gasteiger charge is -1.48. The number of hydrogen-bond acceptors (Lipinski definition) is 0. The molecule has 3 heteroatoms. The van der Waals surface area contributed by atoms with Crippen LogP contribution in [0.4, 0.5) is 0 Å². The van der Waals surface area contributed by atoms with Gasteiger partial charge in [-0.25, -0.2) is 0 Å². The summed E-state index contributed by atoms with van der Waals surface area (Å²) in [5, 5.41) is 0. The van der Waals surface area contributed by atoms with Gasteiger partial charge in [0.2, 0.25) is 0 Å². The summed E-state index contributed by atoms with van der Waals surface area (Å²) in [5.74, 6) is 0. The Bertz CT molecular complexity index is 6.00. The van der Waals surface area contributed by atoms with Gasteiger partial charge < -0.3 is 0 Å². The molecule has 0 heterocycles. The van der Waals surface area contributed by atoms with Gasteiger partial charge in [-0.3, -0.25) is 0 Å². The van der Waals surface area contributed by atoms with Crippen molar-refractivity contribution >= 4 is 50.9 Å². The highest BCUT2D eigenvalue weighted by Gasteiger charge is 1.35. The second-order valence-electron chi connectivity index (χ2n) is 0.707. The summed E-state index contributed by atoms with van der Waals surface area (Å²) < 4.78 is 0. The smallest absolute Gasteiger partial charge is 0.0590 e. The molecule has 0 aromatic rings. The van der Waals surface area contributed by atoms with E-state index in [0.717, 1.165) is 0 Å². The standard InChI is InChI=1S/C3H8.3BrH/c1-3-2;;;/h3H2,1-2H3;3*1H. The molecule has 0 aliphatic rings. The van der Waals surface area contributed by atoms with Crippen molar-refractivity contribution in [3.05, 3.63) is 0 Å². The highest BCUT2D eigenvalue weighted by molar-refractivity contribution is 8.93. The molecule has 0 unspecified atom stereocenters. The lowest BCUT2D eigenvalue weighted by Crippen LogP contribution is -1.27. The van der Waals surface area contributed by atoms with E-state index in [4.69, 9.17) is 0 Å². The van der Waals surface area contributed by atoms with E-state index in [1.807, 2.05) is 0 Å². The van der Waals surface area contributed by atoms with Crippen LogP contribution in [0.5, 0.6) is 0 Å². The largest absolute Gasteiger partial charge is 0.114 e. The molecule has 0 spiro atoms. The molecule has 0 aromatic heterocycles. The van der Waals surface area contributed by atoms with E-state index in [-0.39, 0.29) is 50.9 Å². The predicted molar refractivity (Wildman–Crippen MR) is 46.9 cm³/mol. The zero-order valence-electron chi connectivity index (χ0n) is 3.93. The second kappa shape index (κ2) is 32.0. The fraction of sp³-hybridized carbons (Fsp3) is 1.00. The molecule has 0 amide bonds. The summed E-state index contributed by atoms with van der Waals surface area (Å²) in [6.07, 6.45) is 1.25. The van der Waals surface area contributed by atoms with E-state index in [2.05, 4.69) is 13.8 Å². The van der Waals surface area contributed by atoms with Gasteiger partial charge in [0.1, 0.15) is 0 Å².